The number of anilines is 2. The first kappa shape index (κ1) is 20.5. The van der Waals surface area contributed by atoms with Crippen LogP contribution in [-0.2, 0) is 11.2 Å². The number of benzene rings is 1. The number of amides is 1. The number of thiazole rings is 1. The lowest BCUT2D eigenvalue weighted by molar-refractivity contribution is -0.132. The van der Waals surface area contributed by atoms with Gasteiger partial charge in [0, 0.05) is 18.3 Å². The second-order valence-electron chi connectivity index (χ2n) is 7.59. The molecule has 1 N–H and O–H groups in total. The van der Waals surface area contributed by atoms with Crippen LogP contribution in [0.25, 0.3) is 0 Å². The molecule has 1 aliphatic rings. The Morgan fingerprint density at radius 2 is 2.07 bits per heavy atom. The fraction of sp³-hybridized carbons (Fsp3) is 0.348. The van der Waals surface area contributed by atoms with Gasteiger partial charge in [0.05, 0.1) is 17.4 Å². The van der Waals surface area contributed by atoms with Crippen molar-refractivity contribution in [1.29, 1.82) is 0 Å². The Hall–Kier alpha value is -2.80. The summed E-state index contributed by atoms with van der Waals surface area (Å²) in [5, 5.41) is 6.07. The standard InChI is InChI=1S/C23H25FN4OS/c1-16-15-30-23(25-16)27-21-8-3-6-19(26-21)20-7-4-14-28(20)22(29)9-2-5-17-10-12-18(24)13-11-17/h3,6,8,10-13,15,20H,2,4-5,7,9,14H2,1H3,(H,25,26,27)/t20-/m0/s1. The number of likely N-dealkylation sites (tertiary alicyclic amines) is 1. The number of aromatic nitrogens is 2. The number of nitrogens with one attached hydrogen (secondary N) is 1. The van der Waals surface area contributed by atoms with Gasteiger partial charge in [0.2, 0.25) is 5.91 Å². The molecule has 2 aromatic heterocycles. The van der Waals surface area contributed by atoms with Gasteiger partial charge in [0.25, 0.3) is 0 Å². The van der Waals surface area contributed by atoms with Gasteiger partial charge in [-0.05, 0) is 62.4 Å². The molecule has 1 aliphatic heterocycles. The summed E-state index contributed by atoms with van der Waals surface area (Å²) in [6.45, 7) is 2.73. The van der Waals surface area contributed by atoms with Crippen LogP contribution in [0.4, 0.5) is 15.3 Å². The molecule has 1 amide bonds. The molecular formula is C23H25FN4OS. The normalized spacial score (nSPS) is 16.1. The smallest absolute Gasteiger partial charge is 0.223 e. The summed E-state index contributed by atoms with van der Waals surface area (Å²) in [5.41, 5.74) is 2.95. The van der Waals surface area contributed by atoms with Crippen molar-refractivity contribution < 1.29 is 9.18 Å². The van der Waals surface area contributed by atoms with E-state index in [1.807, 2.05) is 35.4 Å². The van der Waals surface area contributed by atoms with Crippen molar-refractivity contribution in [3.05, 3.63) is 70.6 Å². The van der Waals surface area contributed by atoms with E-state index in [0.29, 0.717) is 6.42 Å². The van der Waals surface area contributed by atoms with Gasteiger partial charge in [-0.25, -0.2) is 14.4 Å². The third-order valence-electron chi connectivity index (χ3n) is 5.31. The van der Waals surface area contributed by atoms with Crippen molar-refractivity contribution in [3.8, 4) is 0 Å². The van der Waals surface area contributed by atoms with Crippen LogP contribution in [0.3, 0.4) is 0 Å². The summed E-state index contributed by atoms with van der Waals surface area (Å²) in [7, 11) is 0. The maximum Gasteiger partial charge on any atom is 0.223 e. The summed E-state index contributed by atoms with van der Waals surface area (Å²) < 4.78 is 13.0. The molecule has 0 bridgehead atoms. The molecule has 3 heterocycles. The minimum atomic E-state index is -0.232. The highest BCUT2D eigenvalue weighted by atomic mass is 32.1. The second-order valence-corrected chi connectivity index (χ2v) is 8.45. The molecule has 1 atom stereocenters. The number of halogens is 1. The fourth-order valence-electron chi connectivity index (χ4n) is 3.84. The number of hydrogen-bond donors (Lipinski definition) is 1. The van der Waals surface area contributed by atoms with Crippen LogP contribution in [0.15, 0.2) is 47.8 Å². The lowest BCUT2D eigenvalue weighted by Gasteiger charge is -2.24. The average molecular weight is 425 g/mol. The Kier molecular flexibility index (Phi) is 6.38. The van der Waals surface area contributed by atoms with Crippen molar-refractivity contribution in [2.75, 3.05) is 11.9 Å². The quantitative estimate of drug-likeness (QED) is 0.551. The van der Waals surface area contributed by atoms with Gasteiger partial charge in [-0.3, -0.25) is 4.79 Å². The maximum atomic E-state index is 13.0. The Morgan fingerprint density at radius 3 is 2.83 bits per heavy atom. The summed E-state index contributed by atoms with van der Waals surface area (Å²) in [4.78, 5) is 24.0. The topological polar surface area (TPSA) is 58.1 Å². The molecule has 7 heteroatoms. The van der Waals surface area contributed by atoms with Gasteiger partial charge >= 0.3 is 0 Å². The third-order valence-corrected chi connectivity index (χ3v) is 6.18. The van der Waals surface area contributed by atoms with Crippen LogP contribution in [0.2, 0.25) is 0 Å². The van der Waals surface area contributed by atoms with Gasteiger partial charge in [0.1, 0.15) is 11.6 Å². The molecule has 30 heavy (non-hydrogen) atoms. The van der Waals surface area contributed by atoms with Crippen molar-refractivity contribution in [3.63, 3.8) is 0 Å². The highest BCUT2D eigenvalue weighted by Gasteiger charge is 2.30. The van der Waals surface area contributed by atoms with E-state index in [4.69, 9.17) is 4.98 Å². The van der Waals surface area contributed by atoms with Crippen LogP contribution >= 0.6 is 11.3 Å². The van der Waals surface area contributed by atoms with E-state index in [-0.39, 0.29) is 17.8 Å². The van der Waals surface area contributed by atoms with Gasteiger partial charge in [-0.15, -0.1) is 11.3 Å². The number of aryl methyl sites for hydroxylation is 2. The molecule has 0 radical (unpaired) electrons. The van der Waals surface area contributed by atoms with Crippen molar-refractivity contribution in [1.82, 2.24) is 14.9 Å². The zero-order valence-electron chi connectivity index (χ0n) is 17.0. The molecule has 156 valence electrons. The first-order valence-corrected chi connectivity index (χ1v) is 11.2. The van der Waals surface area contributed by atoms with E-state index in [9.17, 15) is 9.18 Å². The lowest BCUT2D eigenvalue weighted by atomic mass is 10.1. The number of carbonyl (C=O) groups excluding carboxylic acids is 1. The van der Waals surface area contributed by atoms with E-state index in [1.54, 1.807) is 23.5 Å². The largest absolute Gasteiger partial charge is 0.334 e. The predicted molar refractivity (Wildman–Crippen MR) is 117 cm³/mol. The molecule has 0 unspecified atom stereocenters. The zero-order chi connectivity index (χ0) is 20.9. The van der Waals surface area contributed by atoms with Crippen LogP contribution in [0, 0.1) is 12.7 Å². The van der Waals surface area contributed by atoms with E-state index in [1.165, 1.54) is 12.1 Å². The summed E-state index contributed by atoms with van der Waals surface area (Å²) in [6, 6.07) is 12.4. The summed E-state index contributed by atoms with van der Waals surface area (Å²) in [6.07, 6.45) is 3.93. The van der Waals surface area contributed by atoms with Gasteiger partial charge in [-0.1, -0.05) is 18.2 Å². The maximum absolute atomic E-state index is 13.0. The van der Waals surface area contributed by atoms with E-state index >= 15 is 0 Å². The molecule has 3 aromatic rings. The first-order valence-electron chi connectivity index (χ1n) is 10.3. The number of nitrogens with zero attached hydrogens (tertiary/aromatic N) is 3. The van der Waals surface area contributed by atoms with Crippen LogP contribution < -0.4 is 5.32 Å². The molecule has 0 aliphatic carbocycles. The molecule has 5 nitrogen and oxygen atoms in total. The fourth-order valence-corrected chi connectivity index (χ4v) is 4.53. The van der Waals surface area contributed by atoms with Crippen LogP contribution in [0.5, 0.6) is 0 Å². The van der Waals surface area contributed by atoms with E-state index in [0.717, 1.165) is 60.1 Å². The lowest BCUT2D eigenvalue weighted by Crippen LogP contribution is -2.30. The third kappa shape index (κ3) is 5.02. The SMILES string of the molecule is Cc1csc(Nc2cccc([C@@H]3CCCN3C(=O)CCCc3ccc(F)cc3)n2)n1. The first-order chi connectivity index (χ1) is 14.6. The van der Waals surface area contributed by atoms with Crippen LogP contribution in [0.1, 0.15) is 48.7 Å². The van der Waals surface area contributed by atoms with Crippen molar-refractivity contribution >= 4 is 28.2 Å². The van der Waals surface area contributed by atoms with Gasteiger partial charge < -0.3 is 10.2 Å². The molecule has 1 saturated heterocycles. The van der Waals surface area contributed by atoms with Crippen molar-refractivity contribution in [2.24, 2.45) is 0 Å². The van der Waals surface area contributed by atoms with E-state index < -0.39 is 0 Å². The number of rotatable bonds is 7. The molecular weight excluding hydrogens is 399 g/mol. The minimum Gasteiger partial charge on any atom is -0.334 e. The number of pyridine rings is 1. The number of carbonyl (C=O) groups is 1. The van der Waals surface area contributed by atoms with Crippen LogP contribution in [-0.4, -0.2) is 27.3 Å². The second kappa shape index (κ2) is 9.34. The summed E-state index contributed by atoms with van der Waals surface area (Å²) >= 11 is 1.55. The number of hydrogen-bond acceptors (Lipinski definition) is 5. The average Bonchev–Trinajstić information content (AvgIpc) is 3.39. The highest BCUT2D eigenvalue weighted by molar-refractivity contribution is 7.13. The predicted octanol–water partition coefficient (Wildman–Crippen LogP) is 5.42. The van der Waals surface area contributed by atoms with Crippen molar-refractivity contribution in [2.45, 2.75) is 45.1 Å². The summed E-state index contributed by atoms with van der Waals surface area (Å²) in [5.74, 6) is 0.678. The Bertz CT molecular complexity index is 1000. The Morgan fingerprint density at radius 1 is 1.23 bits per heavy atom. The molecule has 0 saturated carbocycles. The molecule has 0 spiro atoms. The molecule has 4 rings (SSSR count). The zero-order valence-corrected chi connectivity index (χ0v) is 17.8. The van der Waals surface area contributed by atoms with Gasteiger partial charge in [-0.2, -0.15) is 0 Å². The Balaban J connectivity index is 1.37. The van der Waals surface area contributed by atoms with E-state index in [2.05, 4.69) is 10.3 Å². The van der Waals surface area contributed by atoms with Gasteiger partial charge in [0.15, 0.2) is 5.13 Å². The molecule has 1 aromatic carbocycles. The minimum absolute atomic E-state index is 0.0168. The Labute approximate surface area is 180 Å². The highest BCUT2D eigenvalue weighted by Crippen LogP contribution is 2.32. The monoisotopic (exact) mass is 424 g/mol. The molecule has 1 fully saturated rings.